The highest BCUT2D eigenvalue weighted by atomic mass is 32.1. The number of anilines is 1. The Hall–Kier alpha value is -2.15. The molecular weight excluding hydrogens is 324 g/mol. The summed E-state index contributed by atoms with van der Waals surface area (Å²) in [5.74, 6) is 1.49. The fourth-order valence-corrected chi connectivity index (χ4v) is 3.61. The number of carbonyl (C=O) groups excluding carboxylic acids is 1. The minimum atomic E-state index is 0.161. The molecule has 0 bridgehead atoms. The Balaban J connectivity index is 1.63. The number of hydrogen-bond acceptors (Lipinski definition) is 6. The van der Waals surface area contributed by atoms with E-state index in [0.717, 1.165) is 30.2 Å². The molecule has 0 radical (unpaired) electrons. The minimum absolute atomic E-state index is 0.161. The van der Waals surface area contributed by atoms with E-state index in [1.807, 2.05) is 36.4 Å². The van der Waals surface area contributed by atoms with Crippen LogP contribution < -0.4 is 9.64 Å². The molecule has 7 heteroatoms. The van der Waals surface area contributed by atoms with Gasteiger partial charge in [0.25, 0.3) is 5.88 Å². The predicted molar refractivity (Wildman–Crippen MR) is 94.6 cm³/mol. The van der Waals surface area contributed by atoms with Crippen molar-refractivity contribution >= 4 is 23.1 Å². The topological polar surface area (TPSA) is 58.6 Å². The van der Waals surface area contributed by atoms with Crippen molar-refractivity contribution in [2.24, 2.45) is 0 Å². The predicted octanol–water partition coefficient (Wildman–Crippen LogP) is 2.22. The molecule has 24 heavy (non-hydrogen) atoms. The Morgan fingerprint density at radius 3 is 3.04 bits per heavy atom. The van der Waals surface area contributed by atoms with Crippen LogP contribution in [0.1, 0.15) is 18.2 Å². The van der Waals surface area contributed by atoms with Gasteiger partial charge in [-0.2, -0.15) is 0 Å². The molecule has 1 aliphatic rings. The van der Waals surface area contributed by atoms with Crippen molar-refractivity contribution in [1.29, 1.82) is 0 Å². The molecule has 2 aromatic rings. The van der Waals surface area contributed by atoms with Crippen LogP contribution in [0.2, 0.25) is 0 Å². The zero-order valence-electron chi connectivity index (χ0n) is 14.0. The number of rotatable bonds is 6. The summed E-state index contributed by atoms with van der Waals surface area (Å²) in [6.07, 6.45) is 4.71. The number of nitrogens with zero attached hydrogens (tertiary/aromatic N) is 4. The van der Waals surface area contributed by atoms with E-state index < -0.39 is 0 Å². The zero-order chi connectivity index (χ0) is 16.9. The first-order valence-corrected chi connectivity index (χ1v) is 9.03. The molecule has 1 aliphatic heterocycles. The quantitative estimate of drug-likeness (QED) is 0.803. The fourth-order valence-electron chi connectivity index (χ4n) is 2.91. The molecule has 128 valence electrons. The average molecular weight is 346 g/mol. The average Bonchev–Trinajstić information content (AvgIpc) is 3.26. The number of likely N-dealkylation sites (N-methyl/N-ethyl adjacent to an activating group) is 1. The second-order valence-electron chi connectivity index (χ2n) is 5.77. The highest BCUT2D eigenvalue weighted by molar-refractivity contribution is 7.10. The Bertz CT molecular complexity index is 677. The first kappa shape index (κ1) is 16.7. The lowest BCUT2D eigenvalue weighted by atomic mass is 10.2. The lowest BCUT2D eigenvalue weighted by Crippen LogP contribution is -2.39. The molecule has 3 rings (SSSR count). The number of amides is 1. The molecule has 2 aromatic heterocycles. The van der Waals surface area contributed by atoms with E-state index in [1.54, 1.807) is 23.7 Å². The maximum atomic E-state index is 12.5. The summed E-state index contributed by atoms with van der Waals surface area (Å²) in [6.45, 7) is 4.09. The van der Waals surface area contributed by atoms with Crippen LogP contribution in [-0.4, -0.2) is 53.6 Å². The molecule has 1 atom stereocenters. The second-order valence-corrected chi connectivity index (χ2v) is 6.80. The van der Waals surface area contributed by atoms with Crippen LogP contribution in [0.25, 0.3) is 0 Å². The van der Waals surface area contributed by atoms with Crippen LogP contribution in [-0.2, 0) is 11.2 Å². The van der Waals surface area contributed by atoms with Crippen molar-refractivity contribution in [3.8, 4) is 5.88 Å². The van der Waals surface area contributed by atoms with E-state index in [4.69, 9.17) is 4.74 Å². The minimum Gasteiger partial charge on any atom is -0.475 e. The van der Waals surface area contributed by atoms with Gasteiger partial charge in [-0.25, -0.2) is 9.97 Å². The van der Waals surface area contributed by atoms with Crippen LogP contribution in [0.5, 0.6) is 5.88 Å². The van der Waals surface area contributed by atoms with E-state index in [2.05, 4.69) is 14.9 Å². The molecule has 0 N–H and O–H groups in total. The molecule has 1 saturated heterocycles. The van der Waals surface area contributed by atoms with Crippen LogP contribution in [0.4, 0.5) is 5.82 Å². The summed E-state index contributed by atoms with van der Waals surface area (Å²) >= 11 is 1.62. The van der Waals surface area contributed by atoms with Crippen molar-refractivity contribution in [2.45, 2.75) is 25.8 Å². The van der Waals surface area contributed by atoms with Crippen LogP contribution in [0, 0.1) is 0 Å². The summed E-state index contributed by atoms with van der Waals surface area (Å²) in [7, 11) is 1.89. The maximum Gasteiger partial charge on any atom is 0.257 e. The highest BCUT2D eigenvalue weighted by Crippen LogP contribution is 2.27. The fraction of sp³-hybridized carbons (Fsp3) is 0.471. The summed E-state index contributed by atoms with van der Waals surface area (Å²) < 4.78 is 5.57. The lowest BCUT2D eigenvalue weighted by Gasteiger charge is -2.25. The number of ether oxygens (including phenoxy) is 1. The van der Waals surface area contributed by atoms with Crippen molar-refractivity contribution in [3.63, 3.8) is 0 Å². The lowest BCUT2D eigenvalue weighted by molar-refractivity contribution is -0.130. The molecule has 6 nitrogen and oxygen atoms in total. The number of carbonyl (C=O) groups is 1. The van der Waals surface area contributed by atoms with Gasteiger partial charge in [-0.05, 0) is 24.8 Å². The van der Waals surface area contributed by atoms with Gasteiger partial charge in [-0.15, -0.1) is 11.3 Å². The van der Waals surface area contributed by atoms with Gasteiger partial charge in [0, 0.05) is 37.4 Å². The van der Waals surface area contributed by atoms with Crippen LogP contribution in [0.15, 0.2) is 29.9 Å². The molecule has 1 fully saturated rings. The number of hydrogen-bond donors (Lipinski definition) is 0. The van der Waals surface area contributed by atoms with E-state index in [-0.39, 0.29) is 11.9 Å². The van der Waals surface area contributed by atoms with Gasteiger partial charge >= 0.3 is 0 Å². The second kappa shape index (κ2) is 7.61. The zero-order valence-corrected chi connectivity index (χ0v) is 14.8. The smallest absolute Gasteiger partial charge is 0.257 e. The Labute approximate surface area is 146 Å². The van der Waals surface area contributed by atoms with E-state index >= 15 is 0 Å². The number of aromatic nitrogens is 2. The van der Waals surface area contributed by atoms with Gasteiger partial charge in [0.2, 0.25) is 5.91 Å². The molecule has 0 aromatic carbocycles. The van der Waals surface area contributed by atoms with Crippen molar-refractivity contribution in [1.82, 2.24) is 14.9 Å². The molecule has 3 heterocycles. The summed E-state index contributed by atoms with van der Waals surface area (Å²) in [6, 6.07) is 4.17. The monoisotopic (exact) mass is 346 g/mol. The van der Waals surface area contributed by atoms with Crippen LogP contribution in [0.3, 0.4) is 0 Å². The van der Waals surface area contributed by atoms with Gasteiger partial charge in [0.1, 0.15) is 0 Å². The standard InChI is InChI=1S/C17H22N4O2S/c1-3-23-17-16(18-7-8-19-17)21-9-6-13(12-21)20(2)15(22)11-14-5-4-10-24-14/h4-5,7-8,10,13H,3,6,9,11-12H2,1-2H3/t13-/m0/s1. The van der Waals surface area contributed by atoms with E-state index in [0.29, 0.717) is 18.9 Å². The molecular formula is C17H22N4O2S. The molecule has 1 amide bonds. The van der Waals surface area contributed by atoms with Gasteiger partial charge in [0.15, 0.2) is 5.82 Å². The van der Waals surface area contributed by atoms with Gasteiger partial charge in [-0.1, -0.05) is 6.07 Å². The third-order valence-electron chi connectivity index (χ3n) is 4.24. The Kier molecular flexibility index (Phi) is 5.30. The third kappa shape index (κ3) is 3.67. The maximum absolute atomic E-state index is 12.5. The molecule has 0 unspecified atom stereocenters. The number of thiophene rings is 1. The normalized spacial score (nSPS) is 17.1. The van der Waals surface area contributed by atoms with Gasteiger partial charge in [0.05, 0.1) is 19.1 Å². The highest BCUT2D eigenvalue weighted by Gasteiger charge is 2.30. The van der Waals surface area contributed by atoms with Gasteiger partial charge < -0.3 is 14.5 Å². The largest absolute Gasteiger partial charge is 0.475 e. The summed E-state index contributed by atoms with van der Waals surface area (Å²) in [4.78, 5) is 26.3. The van der Waals surface area contributed by atoms with Gasteiger partial charge in [-0.3, -0.25) is 4.79 Å². The third-order valence-corrected chi connectivity index (χ3v) is 5.11. The van der Waals surface area contributed by atoms with E-state index in [1.165, 1.54) is 0 Å². The molecule has 0 spiro atoms. The molecule has 0 saturated carbocycles. The summed E-state index contributed by atoms with van der Waals surface area (Å²) in [5.41, 5.74) is 0. The van der Waals surface area contributed by atoms with Crippen molar-refractivity contribution in [3.05, 3.63) is 34.8 Å². The first-order chi connectivity index (χ1) is 11.7. The van der Waals surface area contributed by atoms with E-state index in [9.17, 15) is 4.79 Å². The first-order valence-electron chi connectivity index (χ1n) is 8.15. The molecule has 0 aliphatic carbocycles. The van der Waals surface area contributed by atoms with Crippen LogP contribution >= 0.6 is 11.3 Å². The van der Waals surface area contributed by atoms with Crippen molar-refractivity contribution in [2.75, 3.05) is 31.6 Å². The van der Waals surface area contributed by atoms with Crippen molar-refractivity contribution < 1.29 is 9.53 Å². The summed E-state index contributed by atoms with van der Waals surface area (Å²) in [5, 5.41) is 2.00. The Morgan fingerprint density at radius 1 is 1.46 bits per heavy atom. The SMILES string of the molecule is CCOc1nccnc1N1CC[C@H](N(C)C(=O)Cc2cccs2)C1. The Morgan fingerprint density at radius 2 is 2.29 bits per heavy atom.